The number of rotatable bonds is 41. The second-order valence-corrected chi connectivity index (χ2v) is 19.0. The van der Waals surface area contributed by atoms with E-state index in [9.17, 15) is 45.6 Å². The highest BCUT2D eigenvalue weighted by molar-refractivity contribution is 5.76. The molecule has 12 unspecified atom stereocenters. The Labute approximate surface area is 410 Å². The first kappa shape index (κ1) is 62.1. The Morgan fingerprint density at radius 1 is 0.515 bits per heavy atom. The highest BCUT2D eigenvalue weighted by Crippen LogP contribution is 2.30. The minimum Gasteiger partial charge on any atom is -0.394 e. The van der Waals surface area contributed by atoms with Crippen molar-refractivity contribution in [3.05, 3.63) is 48.6 Å². The van der Waals surface area contributed by atoms with Crippen LogP contribution < -0.4 is 5.32 Å². The lowest BCUT2D eigenvalue weighted by Crippen LogP contribution is -2.65. The highest BCUT2D eigenvalue weighted by Gasteiger charge is 2.51. The zero-order valence-electron chi connectivity index (χ0n) is 42.1. The number of carbonyl (C=O) groups excluding carboxylic acids is 1. The van der Waals surface area contributed by atoms with Gasteiger partial charge in [0, 0.05) is 6.42 Å². The Morgan fingerprint density at radius 3 is 1.47 bits per heavy atom. The summed E-state index contributed by atoms with van der Waals surface area (Å²) in [6.45, 7) is 2.72. The molecule has 0 aromatic rings. The van der Waals surface area contributed by atoms with Crippen LogP contribution in [0.25, 0.3) is 0 Å². The minimum absolute atomic E-state index is 0.258. The summed E-state index contributed by atoms with van der Waals surface area (Å²) in [5.74, 6) is -0.258. The number of aliphatic hydroxyl groups excluding tert-OH is 8. The number of nitrogens with one attached hydrogen (secondary N) is 1. The number of carbonyl (C=O) groups is 1. The Morgan fingerprint density at radius 2 is 0.941 bits per heavy atom. The summed E-state index contributed by atoms with van der Waals surface area (Å²) < 4.78 is 22.7. The first-order valence-electron chi connectivity index (χ1n) is 26.9. The third-order valence-corrected chi connectivity index (χ3v) is 13.0. The van der Waals surface area contributed by atoms with Gasteiger partial charge in [0.05, 0.1) is 32.0 Å². The Hall–Kier alpha value is -2.05. The van der Waals surface area contributed by atoms with E-state index in [1.165, 1.54) is 116 Å². The lowest BCUT2D eigenvalue weighted by atomic mass is 9.97. The lowest BCUT2D eigenvalue weighted by molar-refractivity contribution is -0.359. The molecule has 68 heavy (non-hydrogen) atoms. The molecule has 2 rings (SSSR count). The normalized spacial score (nSPS) is 26.7. The van der Waals surface area contributed by atoms with Crippen molar-refractivity contribution >= 4 is 5.91 Å². The van der Waals surface area contributed by atoms with Crippen LogP contribution in [0.5, 0.6) is 0 Å². The smallest absolute Gasteiger partial charge is 0.220 e. The first-order valence-corrected chi connectivity index (χ1v) is 26.9. The number of hydrogen-bond acceptors (Lipinski definition) is 13. The SMILES string of the molecule is CCCCC/C=C/CC/C=C/CC/C=C/C(O)C(COC1OC(CO)C(OC2OC(CO)C(O)C(O)C2O)C(O)C1O)NC(=O)CCCCCCCCCCC/C=C\CCCCCCCCCC. The topological polar surface area (TPSA) is 228 Å². The van der Waals surface area contributed by atoms with Gasteiger partial charge < -0.3 is 65.1 Å². The number of ether oxygens (including phenoxy) is 4. The van der Waals surface area contributed by atoms with Crippen molar-refractivity contribution in [3.63, 3.8) is 0 Å². The molecule has 14 heteroatoms. The van der Waals surface area contributed by atoms with Crippen LogP contribution in [0.15, 0.2) is 48.6 Å². The average Bonchev–Trinajstić information content (AvgIpc) is 3.34. The molecule has 1 amide bonds. The number of unbranched alkanes of at least 4 members (excludes halogenated alkanes) is 22. The quantitative estimate of drug-likeness (QED) is 0.0212. The Balaban J connectivity index is 1.81. The summed E-state index contributed by atoms with van der Waals surface area (Å²) in [7, 11) is 0. The first-order chi connectivity index (χ1) is 33.1. The summed E-state index contributed by atoms with van der Waals surface area (Å²) in [4.78, 5) is 13.2. The van der Waals surface area contributed by atoms with Gasteiger partial charge in [-0.3, -0.25) is 4.79 Å². The predicted octanol–water partition coefficient (Wildman–Crippen LogP) is 7.66. The maximum atomic E-state index is 13.2. The van der Waals surface area contributed by atoms with E-state index in [2.05, 4.69) is 55.6 Å². The van der Waals surface area contributed by atoms with E-state index in [1.807, 2.05) is 6.08 Å². The van der Waals surface area contributed by atoms with Crippen molar-refractivity contribution in [3.8, 4) is 0 Å². The number of hydrogen-bond donors (Lipinski definition) is 9. The molecule has 0 bridgehead atoms. The third-order valence-electron chi connectivity index (χ3n) is 13.0. The van der Waals surface area contributed by atoms with Gasteiger partial charge in [-0.2, -0.15) is 0 Å². The monoisotopic (exact) mass is 968 g/mol. The number of allylic oxidation sites excluding steroid dienone is 7. The van der Waals surface area contributed by atoms with Crippen LogP contribution in [-0.2, 0) is 23.7 Å². The fourth-order valence-corrected chi connectivity index (χ4v) is 8.55. The van der Waals surface area contributed by atoms with E-state index >= 15 is 0 Å². The highest BCUT2D eigenvalue weighted by atomic mass is 16.7. The predicted molar refractivity (Wildman–Crippen MR) is 267 cm³/mol. The van der Waals surface area contributed by atoms with Gasteiger partial charge in [-0.1, -0.05) is 165 Å². The van der Waals surface area contributed by atoms with Gasteiger partial charge in [-0.25, -0.2) is 0 Å². The van der Waals surface area contributed by atoms with Crippen molar-refractivity contribution in [2.75, 3.05) is 19.8 Å². The lowest BCUT2D eigenvalue weighted by Gasteiger charge is -2.46. The number of aliphatic hydroxyl groups is 8. The molecule has 0 radical (unpaired) electrons. The largest absolute Gasteiger partial charge is 0.394 e. The maximum Gasteiger partial charge on any atom is 0.220 e. The van der Waals surface area contributed by atoms with E-state index in [0.717, 1.165) is 44.9 Å². The molecule has 2 aliphatic rings. The van der Waals surface area contributed by atoms with E-state index in [1.54, 1.807) is 6.08 Å². The molecule has 2 fully saturated rings. The average molecular weight is 968 g/mol. The third kappa shape index (κ3) is 27.0. The fraction of sp³-hybridized carbons (Fsp3) is 0.833. The van der Waals surface area contributed by atoms with Gasteiger partial charge in [-0.15, -0.1) is 0 Å². The van der Waals surface area contributed by atoms with Crippen molar-refractivity contribution in [1.82, 2.24) is 5.32 Å². The molecular weight excluding hydrogens is 871 g/mol. The molecule has 2 aliphatic heterocycles. The molecule has 2 saturated heterocycles. The van der Waals surface area contributed by atoms with Crippen LogP contribution in [0.3, 0.4) is 0 Å². The summed E-state index contributed by atoms with van der Waals surface area (Å²) >= 11 is 0. The molecule has 0 spiro atoms. The molecular formula is C54H97NO13. The van der Waals surface area contributed by atoms with Crippen LogP contribution in [0.1, 0.15) is 194 Å². The van der Waals surface area contributed by atoms with E-state index < -0.39 is 86.8 Å². The van der Waals surface area contributed by atoms with Crippen molar-refractivity contribution in [2.24, 2.45) is 0 Å². The maximum absolute atomic E-state index is 13.2. The van der Waals surface area contributed by atoms with Crippen LogP contribution in [0.2, 0.25) is 0 Å². The van der Waals surface area contributed by atoms with Gasteiger partial charge in [0.1, 0.15) is 48.8 Å². The van der Waals surface area contributed by atoms with Gasteiger partial charge in [0.25, 0.3) is 0 Å². The van der Waals surface area contributed by atoms with Crippen LogP contribution in [-0.4, -0.2) is 140 Å². The van der Waals surface area contributed by atoms with E-state index in [4.69, 9.17) is 18.9 Å². The molecule has 9 N–H and O–H groups in total. The van der Waals surface area contributed by atoms with Gasteiger partial charge in [0.2, 0.25) is 5.91 Å². The molecule has 2 heterocycles. The zero-order valence-corrected chi connectivity index (χ0v) is 42.1. The van der Waals surface area contributed by atoms with Crippen LogP contribution >= 0.6 is 0 Å². The van der Waals surface area contributed by atoms with Crippen LogP contribution in [0.4, 0.5) is 0 Å². The molecule has 14 nitrogen and oxygen atoms in total. The minimum atomic E-state index is -1.79. The van der Waals surface area contributed by atoms with Crippen molar-refractivity contribution < 1.29 is 64.6 Å². The van der Waals surface area contributed by atoms with E-state index in [0.29, 0.717) is 12.8 Å². The van der Waals surface area contributed by atoms with Gasteiger partial charge in [-0.05, 0) is 70.6 Å². The van der Waals surface area contributed by atoms with Gasteiger partial charge >= 0.3 is 0 Å². The van der Waals surface area contributed by atoms with Gasteiger partial charge in [0.15, 0.2) is 12.6 Å². The van der Waals surface area contributed by atoms with Crippen LogP contribution in [0, 0.1) is 0 Å². The molecule has 0 aromatic carbocycles. The summed E-state index contributed by atoms with van der Waals surface area (Å²) in [6, 6.07) is -0.938. The zero-order chi connectivity index (χ0) is 49.6. The molecule has 0 aliphatic carbocycles. The Bertz CT molecular complexity index is 1330. The second kappa shape index (κ2) is 40.5. The molecule has 396 valence electrons. The molecule has 0 saturated carbocycles. The fourth-order valence-electron chi connectivity index (χ4n) is 8.55. The summed E-state index contributed by atoms with van der Waals surface area (Å²) in [5, 5.41) is 86.7. The second-order valence-electron chi connectivity index (χ2n) is 19.0. The standard InChI is InChI=1S/C54H97NO13/c1-3-5-7-9-11-13-15-17-18-19-20-21-22-23-24-26-28-30-32-34-36-38-46(59)55-42(43(58)37-35-33-31-29-27-25-16-14-12-10-8-6-4-2)41-65-53-51(64)49(62)52(45(40-57)67-53)68-54-50(63)48(61)47(60)44(39-56)66-54/h12,14,19-20,27,29,35,37,42-45,47-54,56-58,60-64H,3-11,13,15-18,21-26,28,30-34,36,38-41H2,1-2H3,(H,55,59)/b14-12+,20-19-,29-27+,37-35+. The Kier molecular flexibility index (Phi) is 37.0. The van der Waals surface area contributed by atoms with E-state index in [-0.39, 0.29) is 18.9 Å². The number of amides is 1. The molecule has 12 atom stereocenters. The van der Waals surface area contributed by atoms with Crippen molar-refractivity contribution in [1.29, 1.82) is 0 Å². The van der Waals surface area contributed by atoms with Crippen molar-refractivity contribution in [2.45, 2.75) is 267 Å². The summed E-state index contributed by atoms with van der Waals surface area (Å²) in [6.07, 6.45) is 31.5. The summed E-state index contributed by atoms with van der Waals surface area (Å²) in [5.41, 5.74) is 0. The molecule has 0 aromatic heterocycles.